The zero-order valence-electron chi connectivity index (χ0n) is 11.7. The summed E-state index contributed by atoms with van der Waals surface area (Å²) in [5.74, 6) is -0.208. The van der Waals surface area contributed by atoms with E-state index < -0.39 is 0 Å². The average Bonchev–Trinajstić information content (AvgIpc) is 2.96. The highest BCUT2D eigenvalue weighted by Crippen LogP contribution is 2.11. The van der Waals surface area contributed by atoms with Crippen molar-refractivity contribution in [1.82, 2.24) is 20.1 Å². The Morgan fingerprint density at radius 2 is 2.30 bits per heavy atom. The summed E-state index contributed by atoms with van der Waals surface area (Å²) in [5, 5.41) is 6.77. The lowest BCUT2D eigenvalue weighted by atomic mass is 10.1. The van der Waals surface area contributed by atoms with Gasteiger partial charge in [0.15, 0.2) is 5.69 Å². The van der Waals surface area contributed by atoms with Crippen LogP contribution in [0.5, 0.6) is 0 Å². The predicted octanol–water partition coefficient (Wildman–Crippen LogP) is 0.907. The van der Waals surface area contributed by atoms with Crippen LogP contribution in [0.3, 0.4) is 0 Å². The first-order valence-corrected chi connectivity index (χ1v) is 6.61. The lowest BCUT2D eigenvalue weighted by Crippen LogP contribution is -2.21. The van der Waals surface area contributed by atoms with E-state index in [1.54, 1.807) is 30.2 Å². The van der Waals surface area contributed by atoms with E-state index in [2.05, 4.69) is 22.3 Å². The molecule has 0 aliphatic heterocycles. The van der Waals surface area contributed by atoms with Gasteiger partial charge < -0.3 is 11.1 Å². The quantitative estimate of drug-likeness (QED) is 0.847. The summed E-state index contributed by atoms with van der Waals surface area (Å²) in [5.41, 5.74) is 8.21. The van der Waals surface area contributed by atoms with E-state index in [0.29, 0.717) is 5.69 Å². The van der Waals surface area contributed by atoms with Crippen LogP contribution in [-0.4, -0.2) is 33.8 Å². The van der Waals surface area contributed by atoms with Gasteiger partial charge in [-0.05, 0) is 30.5 Å². The first-order valence-electron chi connectivity index (χ1n) is 6.61. The van der Waals surface area contributed by atoms with Crippen molar-refractivity contribution in [2.24, 2.45) is 5.73 Å². The van der Waals surface area contributed by atoms with Gasteiger partial charge in [-0.1, -0.05) is 6.92 Å². The van der Waals surface area contributed by atoms with Crippen LogP contribution in [0.15, 0.2) is 30.7 Å². The number of nitrogens with zero attached hydrogens (tertiary/aromatic N) is 3. The molecule has 0 bridgehead atoms. The molecule has 0 saturated carbocycles. The SMILES string of the molecule is CCC(N)Cc1cncc(-n2ccc(C(=O)NC)n2)c1. The van der Waals surface area contributed by atoms with Crippen LogP contribution in [0, 0.1) is 0 Å². The van der Waals surface area contributed by atoms with Gasteiger partial charge in [0.1, 0.15) is 0 Å². The molecule has 0 aromatic carbocycles. The summed E-state index contributed by atoms with van der Waals surface area (Å²) in [4.78, 5) is 15.7. The molecule has 2 rings (SSSR count). The van der Waals surface area contributed by atoms with Crippen LogP contribution in [0.2, 0.25) is 0 Å². The fourth-order valence-electron chi connectivity index (χ4n) is 1.87. The minimum Gasteiger partial charge on any atom is -0.354 e. The minimum absolute atomic E-state index is 0.131. The second-order valence-electron chi connectivity index (χ2n) is 4.65. The molecule has 3 N–H and O–H groups in total. The second-order valence-corrected chi connectivity index (χ2v) is 4.65. The Morgan fingerprint density at radius 3 is 3.00 bits per heavy atom. The van der Waals surface area contributed by atoms with Crippen molar-refractivity contribution >= 4 is 5.91 Å². The van der Waals surface area contributed by atoms with E-state index in [-0.39, 0.29) is 11.9 Å². The van der Waals surface area contributed by atoms with Gasteiger partial charge in [0.2, 0.25) is 0 Å². The number of carbonyl (C=O) groups is 1. The first-order chi connectivity index (χ1) is 9.63. The lowest BCUT2D eigenvalue weighted by molar-refractivity contribution is 0.0957. The van der Waals surface area contributed by atoms with E-state index >= 15 is 0 Å². The average molecular weight is 273 g/mol. The molecule has 0 spiro atoms. The number of carbonyl (C=O) groups excluding carboxylic acids is 1. The van der Waals surface area contributed by atoms with Gasteiger partial charge in [0, 0.05) is 25.5 Å². The van der Waals surface area contributed by atoms with Gasteiger partial charge in [-0.3, -0.25) is 9.78 Å². The molecule has 1 unspecified atom stereocenters. The fourth-order valence-corrected chi connectivity index (χ4v) is 1.87. The number of nitrogens with two attached hydrogens (primary N) is 1. The Bertz CT molecular complexity index is 593. The van der Waals surface area contributed by atoms with E-state index in [4.69, 9.17) is 5.73 Å². The monoisotopic (exact) mass is 273 g/mol. The summed E-state index contributed by atoms with van der Waals surface area (Å²) in [7, 11) is 1.58. The molecule has 0 aliphatic carbocycles. The van der Waals surface area contributed by atoms with E-state index in [1.165, 1.54) is 0 Å². The Kier molecular flexibility index (Phi) is 4.47. The number of amides is 1. The summed E-state index contributed by atoms with van der Waals surface area (Å²) >= 11 is 0. The van der Waals surface area contributed by atoms with Crippen LogP contribution in [0.4, 0.5) is 0 Å². The van der Waals surface area contributed by atoms with Gasteiger partial charge >= 0.3 is 0 Å². The minimum atomic E-state index is -0.208. The molecular weight excluding hydrogens is 254 g/mol. The number of nitrogens with one attached hydrogen (secondary N) is 1. The van der Waals surface area contributed by atoms with Crippen molar-refractivity contribution in [2.75, 3.05) is 7.05 Å². The molecule has 106 valence electrons. The molecule has 0 fully saturated rings. The standard InChI is InChI=1S/C14H19N5O/c1-3-11(15)6-10-7-12(9-17-8-10)19-5-4-13(18-19)14(20)16-2/h4-5,7-9,11H,3,6,15H2,1-2H3,(H,16,20). The second kappa shape index (κ2) is 6.29. The summed E-state index contributed by atoms with van der Waals surface area (Å²) in [6.07, 6.45) is 6.96. The maximum absolute atomic E-state index is 11.5. The van der Waals surface area contributed by atoms with Crippen molar-refractivity contribution in [3.63, 3.8) is 0 Å². The predicted molar refractivity (Wildman–Crippen MR) is 76.7 cm³/mol. The van der Waals surface area contributed by atoms with E-state index in [0.717, 1.165) is 24.1 Å². The maximum Gasteiger partial charge on any atom is 0.271 e. The van der Waals surface area contributed by atoms with E-state index in [9.17, 15) is 4.79 Å². The zero-order valence-corrected chi connectivity index (χ0v) is 11.7. The van der Waals surface area contributed by atoms with Gasteiger partial charge in [0.05, 0.1) is 11.9 Å². The number of aromatic nitrogens is 3. The van der Waals surface area contributed by atoms with E-state index in [1.807, 2.05) is 12.3 Å². The lowest BCUT2D eigenvalue weighted by Gasteiger charge is -2.09. The third-order valence-electron chi connectivity index (χ3n) is 3.12. The van der Waals surface area contributed by atoms with Crippen LogP contribution >= 0.6 is 0 Å². The van der Waals surface area contributed by atoms with Gasteiger partial charge in [-0.25, -0.2) is 4.68 Å². The molecule has 0 radical (unpaired) electrons. The Hall–Kier alpha value is -2.21. The number of hydrogen-bond donors (Lipinski definition) is 2. The summed E-state index contributed by atoms with van der Waals surface area (Å²) in [6.45, 7) is 2.06. The van der Waals surface area contributed by atoms with Crippen molar-refractivity contribution in [1.29, 1.82) is 0 Å². The Morgan fingerprint density at radius 1 is 1.50 bits per heavy atom. The molecule has 0 aliphatic rings. The summed E-state index contributed by atoms with van der Waals surface area (Å²) in [6, 6.07) is 3.79. The highest BCUT2D eigenvalue weighted by atomic mass is 16.1. The highest BCUT2D eigenvalue weighted by molar-refractivity contribution is 5.91. The molecule has 1 atom stereocenters. The normalized spacial score (nSPS) is 12.2. The Balaban J connectivity index is 2.22. The topological polar surface area (TPSA) is 85.8 Å². The van der Waals surface area contributed by atoms with Crippen molar-refractivity contribution < 1.29 is 4.79 Å². The highest BCUT2D eigenvalue weighted by Gasteiger charge is 2.09. The third kappa shape index (κ3) is 3.21. The largest absolute Gasteiger partial charge is 0.354 e. The van der Waals surface area contributed by atoms with Crippen molar-refractivity contribution in [3.8, 4) is 5.69 Å². The number of hydrogen-bond acceptors (Lipinski definition) is 4. The van der Waals surface area contributed by atoms with Crippen LogP contribution < -0.4 is 11.1 Å². The molecule has 6 nitrogen and oxygen atoms in total. The van der Waals surface area contributed by atoms with Gasteiger partial charge in [-0.15, -0.1) is 0 Å². The van der Waals surface area contributed by atoms with Crippen molar-refractivity contribution in [2.45, 2.75) is 25.8 Å². The van der Waals surface area contributed by atoms with Gasteiger partial charge in [0.25, 0.3) is 5.91 Å². The van der Waals surface area contributed by atoms with Crippen LogP contribution in [-0.2, 0) is 6.42 Å². The van der Waals surface area contributed by atoms with Gasteiger partial charge in [-0.2, -0.15) is 5.10 Å². The molecule has 20 heavy (non-hydrogen) atoms. The Labute approximate surface area is 118 Å². The smallest absolute Gasteiger partial charge is 0.271 e. The molecular formula is C14H19N5O. The fraction of sp³-hybridized carbons (Fsp3) is 0.357. The molecule has 0 saturated heterocycles. The maximum atomic E-state index is 11.5. The van der Waals surface area contributed by atoms with Crippen molar-refractivity contribution in [3.05, 3.63) is 42.0 Å². The number of pyridine rings is 1. The summed E-state index contributed by atoms with van der Waals surface area (Å²) < 4.78 is 1.64. The molecule has 1 amide bonds. The molecule has 2 aromatic rings. The third-order valence-corrected chi connectivity index (χ3v) is 3.12. The molecule has 2 aromatic heterocycles. The van der Waals surface area contributed by atoms with Crippen LogP contribution in [0.25, 0.3) is 5.69 Å². The van der Waals surface area contributed by atoms with Crippen LogP contribution in [0.1, 0.15) is 29.4 Å². The first kappa shape index (κ1) is 14.2. The molecule has 2 heterocycles. The number of rotatable bonds is 5. The zero-order chi connectivity index (χ0) is 14.5. The molecule has 6 heteroatoms.